The second kappa shape index (κ2) is 7.14. The molecule has 9 heteroatoms. The quantitative estimate of drug-likeness (QED) is 0.906. The van der Waals surface area contributed by atoms with E-state index in [0.717, 1.165) is 6.54 Å². The SMILES string of the molecule is Cc1c(C(=O)N2CCNC(C)C2)nnn1-c1ccc(OC(F)F)cc1. The summed E-state index contributed by atoms with van der Waals surface area (Å²) in [5.41, 5.74) is 1.50. The number of benzene rings is 1. The zero-order valence-corrected chi connectivity index (χ0v) is 13.9. The van der Waals surface area contributed by atoms with Crippen molar-refractivity contribution in [3.8, 4) is 11.4 Å². The smallest absolute Gasteiger partial charge is 0.387 e. The summed E-state index contributed by atoms with van der Waals surface area (Å²) in [4.78, 5) is 14.4. The second-order valence-corrected chi connectivity index (χ2v) is 5.91. The first kappa shape index (κ1) is 17.3. The highest BCUT2D eigenvalue weighted by Crippen LogP contribution is 2.19. The highest BCUT2D eigenvalue weighted by molar-refractivity contribution is 5.93. The van der Waals surface area contributed by atoms with Crippen LogP contribution in [0.25, 0.3) is 5.69 Å². The molecule has 1 amide bonds. The van der Waals surface area contributed by atoms with Gasteiger partial charge in [0.25, 0.3) is 5.91 Å². The zero-order valence-electron chi connectivity index (χ0n) is 13.9. The molecule has 0 radical (unpaired) electrons. The molecule has 0 spiro atoms. The van der Waals surface area contributed by atoms with E-state index in [9.17, 15) is 13.6 Å². The van der Waals surface area contributed by atoms with E-state index in [1.54, 1.807) is 24.0 Å². The van der Waals surface area contributed by atoms with E-state index >= 15 is 0 Å². The third-order valence-electron chi connectivity index (χ3n) is 4.06. The summed E-state index contributed by atoms with van der Waals surface area (Å²) in [7, 11) is 0. The van der Waals surface area contributed by atoms with Crippen molar-refractivity contribution in [3.63, 3.8) is 0 Å². The molecule has 1 aliphatic rings. The summed E-state index contributed by atoms with van der Waals surface area (Å²) in [5.74, 6) is -0.0997. The maximum atomic E-state index is 12.7. The lowest BCUT2D eigenvalue weighted by molar-refractivity contribution is -0.0498. The van der Waals surface area contributed by atoms with Crippen molar-refractivity contribution in [2.75, 3.05) is 19.6 Å². The third-order valence-corrected chi connectivity index (χ3v) is 4.06. The van der Waals surface area contributed by atoms with Crippen LogP contribution in [0.1, 0.15) is 23.1 Å². The van der Waals surface area contributed by atoms with Crippen LogP contribution in [-0.2, 0) is 0 Å². The zero-order chi connectivity index (χ0) is 18.0. The van der Waals surface area contributed by atoms with Gasteiger partial charge in [0, 0.05) is 25.7 Å². The fourth-order valence-electron chi connectivity index (χ4n) is 2.81. The van der Waals surface area contributed by atoms with Crippen LogP contribution in [0, 0.1) is 6.92 Å². The Balaban J connectivity index is 1.80. The monoisotopic (exact) mass is 351 g/mol. The van der Waals surface area contributed by atoms with E-state index in [2.05, 4.69) is 20.4 Å². The van der Waals surface area contributed by atoms with Gasteiger partial charge in [0.15, 0.2) is 5.69 Å². The molecule has 7 nitrogen and oxygen atoms in total. The Morgan fingerprint density at radius 2 is 2.08 bits per heavy atom. The van der Waals surface area contributed by atoms with Gasteiger partial charge in [-0.25, -0.2) is 4.68 Å². The number of rotatable bonds is 4. The fraction of sp³-hybridized carbons (Fsp3) is 0.438. The first-order valence-corrected chi connectivity index (χ1v) is 7.96. The van der Waals surface area contributed by atoms with Crippen LogP contribution in [0.4, 0.5) is 8.78 Å². The van der Waals surface area contributed by atoms with Crippen molar-refractivity contribution in [1.82, 2.24) is 25.2 Å². The minimum Gasteiger partial charge on any atom is -0.435 e. The van der Waals surface area contributed by atoms with Gasteiger partial charge in [-0.2, -0.15) is 8.78 Å². The minimum atomic E-state index is -2.87. The lowest BCUT2D eigenvalue weighted by Gasteiger charge is -2.31. The maximum Gasteiger partial charge on any atom is 0.387 e. The van der Waals surface area contributed by atoms with E-state index in [0.29, 0.717) is 30.2 Å². The molecule has 1 saturated heterocycles. The third kappa shape index (κ3) is 3.76. The number of halogens is 2. The summed E-state index contributed by atoms with van der Waals surface area (Å²) in [6.45, 7) is 2.88. The van der Waals surface area contributed by atoms with Crippen LogP contribution in [0.2, 0.25) is 0 Å². The molecule has 0 saturated carbocycles. The minimum absolute atomic E-state index is 0.0580. The van der Waals surface area contributed by atoms with Crippen molar-refractivity contribution < 1.29 is 18.3 Å². The van der Waals surface area contributed by atoms with Crippen LogP contribution < -0.4 is 10.1 Å². The molecule has 1 N–H and O–H groups in total. The number of carbonyl (C=O) groups is 1. The van der Waals surface area contributed by atoms with Gasteiger partial charge in [0.2, 0.25) is 0 Å². The molecule has 1 aliphatic heterocycles. The van der Waals surface area contributed by atoms with Gasteiger partial charge in [-0.15, -0.1) is 5.10 Å². The molecule has 0 bridgehead atoms. The second-order valence-electron chi connectivity index (χ2n) is 5.91. The average Bonchev–Trinajstić information content (AvgIpc) is 2.96. The Hall–Kier alpha value is -2.55. The Kier molecular flexibility index (Phi) is 4.93. The topological polar surface area (TPSA) is 72.3 Å². The first-order valence-electron chi connectivity index (χ1n) is 7.96. The molecular formula is C16H19F2N5O2. The van der Waals surface area contributed by atoms with E-state index in [-0.39, 0.29) is 17.7 Å². The fourth-order valence-corrected chi connectivity index (χ4v) is 2.81. The standard InChI is InChI=1S/C16H19F2N5O2/c1-10-9-22(8-7-19-10)15(24)14-11(2)23(21-20-14)12-3-5-13(6-4-12)25-16(17)18/h3-6,10,16,19H,7-9H2,1-2H3. The highest BCUT2D eigenvalue weighted by atomic mass is 19.3. The van der Waals surface area contributed by atoms with Gasteiger partial charge < -0.3 is 15.0 Å². The summed E-state index contributed by atoms with van der Waals surface area (Å²) in [6, 6.07) is 6.24. The number of alkyl halides is 2. The number of piperazine rings is 1. The number of aromatic nitrogens is 3. The summed E-state index contributed by atoms with van der Waals surface area (Å²) < 4.78 is 30.2. The number of hydrogen-bond acceptors (Lipinski definition) is 5. The number of ether oxygens (including phenoxy) is 1. The molecule has 1 aromatic carbocycles. The van der Waals surface area contributed by atoms with Crippen LogP contribution in [0.15, 0.2) is 24.3 Å². The van der Waals surface area contributed by atoms with Gasteiger partial charge in [-0.3, -0.25) is 4.79 Å². The Bertz CT molecular complexity index is 747. The number of amides is 1. The lowest BCUT2D eigenvalue weighted by atomic mass is 10.2. The van der Waals surface area contributed by atoms with Crippen molar-refractivity contribution in [1.29, 1.82) is 0 Å². The summed E-state index contributed by atoms with van der Waals surface area (Å²) in [6.07, 6.45) is 0. The van der Waals surface area contributed by atoms with E-state index in [1.165, 1.54) is 16.8 Å². The highest BCUT2D eigenvalue weighted by Gasteiger charge is 2.26. The molecule has 25 heavy (non-hydrogen) atoms. The molecule has 1 unspecified atom stereocenters. The van der Waals surface area contributed by atoms with E-state index < -0.39 is 6.61 Å². The normalized spacial score (nSPS) is 17.8. The van der Waals surface area contributed by atoms with Crippen LogP contribution >= 0.6 is 0 Å². The summed E-state index contributed by atoms with van der Waals surface area (Å²) >= 11 is 0. The van der Waals surface area contributed by atoms with E-state index in [4.69, 9.17) is 0 Å². The maximum absolute atomic E-state index is 12.7. The number of carbonyl (C=O) groups excluding carboxylic acids is 1. The molecule has 3 rings (SSSR count). The first-order chi connectivity index (χ1) is 12.0. The van der Waals surface area contributed by atoms with Crippen molar-refractivity contribution in [2.24, 2.45) is 0 Å². The molecule has 2 aromatic rings. The average molecular weight is 351 g/mol. The predicted molar refractivity (Wildman–Crippen MR) is 86.1 cm³/mol. The van der Waals surface area contributed by atoms with Gasteiger partial charge in [-0.05, 0) is 38.1 Å². The van der Waals surface area contributed by atoms with Gasteiger partial charge in [0.05, 0.1) is 11.4 Å². The molecule has 1 aromatic heterocycles. The van der Waals surface area contributed by atoms with Crippen LogP contribution in [0.3, 0.4) is 0 Å². The molecular weight excluding hydrogens is 332 g/mol. The molecule has 134 valence electrons. The number of nitrogens with zero attached hydrogens (tertiary/aromatic N) is 4. The predicted octanol–water partition coefficient (Wildman–Crippen LogP) is 1.61. The van der Waals surface area contributed by atoms with Gasteiger partial charge in [0.1, 0.15) is 5.75 Å². The van der Waals surface area contributed by atoms with Gasteiger partial charge >= 0.3 is 6.61 Å². The molecule has 1 atom stereocenters. The Morgan fingerprint density at radius 3 is 2.72 bits per heavy atom. The van der Waals surface area contributed by atoms with Crippen LogP contribution in [0.5, 0.6) is 5.75 Å². The van der Waals surface area contributed by atoms with Crippen LogP contribution in [-0.4, -0.2) is 58.1 Å². The van der Waals surface area contributed by atoms with Gasteiger partial charge in [-0.1, -0.05) is 5.21 Å². The largest absolute Gasteiger partial charge is 0.435 e. The molecule has 1 fully saturated rings. The Morgan fingerprint density at radius 1 is 1.36 bits per heavy atom. The Labute approximate surface area is 143 Å². The number of nitrogens with one attached hydrogen (secondary N) is 1. The summed E-state index contributed by atoms with van der Waals surface area (Å²) in [5, 5.41) is 11.3. The van der Waals surface area contributed by atoms with E-state index in [1.807, 2.05) is 6.92 Å². The van der Waals surface area contributed by atoms with Crippen molar-refractivity contribution in [3.05, 3.63) is 35.7 Å². The molecule has 0 aliphatic carbocycles. The van der Waals surface area contributed by atoms with Crippen molar-refractivity contribution >= 4 is 5.91 Å². The molecule has 2 heterocycles. The number of hydrogen-bond donors (Lipinski definition) is 1. The van der Waals surface area contributed by atoms with Crippen molar-refractivity contribution in [2.45, 2.75) is 26.5 Å². The lowest BCUT2D eigenvalue weighted by Crippen LogP contribution is -2.51.